The highest BCUT2D eigenvalue weighted by Gasteiger charge is 2.29. The van der Waals surface area contributed by atoms with E-state index in [1.54, 1.807) is 0 Å². The molecule has 0 radical (unpaired) electrons. The molecule has 3 nitrogen and oxygen atoms in total. The van der Waals surface area contributed by atoms with E-state index in [1.807, 2.05) is 0 Å². The van der Waals surface area contributed by atoms with Crippen molar-refractivity contribution in [1.29, 1.82) is 0 Å². The predicted molar refractivity (Wildman–Crippen MR) is 134 cm³/mol. The molecule has 0 spiro atoms. The SMILES string of the molecule is c1ccc(C(NC2CCC(N3CCN(c4ccccc4)CC3)CC2)c2ccccc2)cc1. The lowest BCUT2D eigenvalue weighted by atomic mass is 9.88. The van der Waals surface area contributed by atoms with Crippen molar-refractivity contribution in [3.05, 3.63) is 102 Å². The van der Waals surface area contributed by atoms with Crippen molar-refractivity contribution in [2.75, 3.05) is 31.1 Å². The molecule has 1 saturated heterocycles. The van der Waals surface area contributed by atoms with E-state index in [0.717, 1.165) is 19.1 Å². The van der Waals surface area contributed by atoms with Crippen LogP contribution in [-0.4, -0.2) is 43.2 Å². The van der Waals surface area contributed by atoms with Crippen LogP contribution >= 0.6 is 0 Å². The van der Waals surface area contributed by atoms with Gasteiger partial charge in [-0.2, -0.15) is 0 Å². The van der Waals surface area contributed by atoms with Crippen LogP contribution in [0.15, 0.2) is 91.0 Å². The molecule has 0 aromatic heterocycles. The minimum atomic E-state index is 0.272. The first-order valence-corrected chi connectivity index (χ1v) is 12.3. The number of hydrogen-bond donors (Lipinski definition) is 1. The molecule has 1 aliphatic carbocycles. The zero-order valence-electron chi connectivity index (χ0n) is 18.9. The highest BCUT2D eigenvalue weighted by molar-refractivity contribution is 5.46. The van der Waals surface area contributed by atoms with Crippen LogP contribution in [-0.2, 0) is 0 Å². The molecule has 1 N–H and O–H groups in total. The van der Waals surface area contributed by atoms with Gasteiger partial charge in [0.1, 0.15) is 0 Å². The largest absolute Gasteiger partial charge is 0.369 e. The van der Waals surface area contributed by atoms with E-state index in [4.69, 9.17) is 0 Å². The summed E-state index contributed by atoms with van der Waals surface area (Å²) in [5.74, 6) is 0. The van der Waals surface area contributed by atoms with Crippen LogP contribution in [0.2, 0.25) is 0 Å². The van der Waals surface area contributed by atoms with E-state index in [0.29, 0.717) is 6.04 Å². The summed E-state index contributed by atoms with van der Waals surface area (Å²) in [6.07, 6.45) is 5.14. The Kier molecular flexibility index (Phi) is 6.86. The van der Waals surface area contributed by atoms with E-state index in [-0.39, 0.29) is 6.04 Å². The van der Waals surface area contributed by atoms with Crippen LogP contribution in [0, 0.1) is 0 Å². The van der Waals surface area contributed by atoms with Gasteiger partial charge in [0, 0.05) is 44.0 Å². The van der Waals surface area contributed by atoms with Crippen molar-refractivity contribution in [2.24, 2.45) is 0 Å². The van der Waals surface area contributed by atoms with Crippen LogP contribution in [0.3, 0.4) is 0 Å². The molecule has 5 rings (SSSR count). The third-order valence-electron chi connectivity index (χ3n) is 7.32. The van der Waals surface area contributed by atoms with Gasteiger partial charge in [-0.1, -0.05) is 78.9 Å². The lowest BCUT2D eigenvalue weighted by Gasteiger charge is -2.43. The second-order valence-corrected chi connectivity index (χ2v) is 9.29. The van der Waals surface area contributed by atoms with Crippen molar-refractivity contribution < 1.29 is 0 Å². The molecule has 0 unspecified atom stereocenters. The van der Waals surface area contributed by atoms with Gasteiger partial charge in [0.05, 0.1) is 6.04 Å². The fourth-order valence-corrected chi connectivity index (χ4v) is 5.50. The molecular weight excluding hydrogens is 390 g/mol. The number of rotatable bonds is 6. The number of anilines is 1. The van der Waals surface area contributed by atoms with Crippen LogP contribution in [0.1, 0.15) is 42.9 Å². The molecule has 2 aliphatic rings. The normalized spacial score (nSPS) is 22.2. The van der Waals surface area contributed by atoms with Crippen LogP contribution in [0.5, 0.6) is 0 Å². The summed E-state index contributed by atoms with van der Waals surface area (Å²) in [7, 11) is 0. The maximum atomic E-state index is 4.01. The molecule has 0 atom stereocenters. The van der Waals surface area contributed by atoms with Gasteiger partial charge in [0.2, 0.25) is 0 Å². The summed E-state index contributed by atoms with van der Waals surface area (Å²) < 4.78 is 0. The topological polar surface area (TPSA) is 18.5 Å². The first-order chi connectivity index (χ1) is 15.9. The first kappa shape index (κ1) is 21.2. The highest BCUT2D eigenvalue weighted by Crippen LogP contribution is 2.29. The van der Waals surface area contributed by atoms with Gasteiger partial charge in [-0.3, -0.25) is 4.90 Å². The fourth-order valence-electron chi connectivity index (χ4n) is 5.50. The molecule has 1 aliphatic heterocycles. The van der Waals surface area contributed by atoms with E-state index >= 15 is 0 Å². The summed E-state index contributed by atoms with van der Waals surface area (Å²) in [5, 5.41) is 4.01. The Bertz CT molecular complexity index is 888. The summed E-state index contributed by atoms with van der Waals surface area (Å²) in [6.45, 7) is 4.67. The average molecular weight is 426 g/mol. The Labute approximate surface area is 193 Å². The number of nitrogens with one attached hydrogen (secondary N) is 1. The number of piperazine rings is 1. The van der Waals surface area contributed by atoms with Gasteiger partial charge in [-0.05, 0) is 48.9 Å². The first-order valence-electron chi connectivity index (χ1n) is 12.3. The van der Waals surface area contributed by atoms with E-state index in [2.05, 4.69) is 106 Å². The smallest absolute Gasteiger partial charge is 0.0578 e. The Hall–Kier alpha value is -2.62. The van der Waals surface area contributed by atoms with Gasteiger partial charge in [-0.15, -0.1) is 0 Å². The van der Waals surface area contributed by atoms with Crippen molar-refractivity contribution in [3.8, 4) is 0 Å². The van der Waals surface area contributed by atoms with Crippen molar-refractivity contribution in [3.63, 3.8) is 0 Å². The molecule has 0 amide bonds. The van der Waals surface area contributed by atoms with Crippen LogP contribution in [0.4, 0.5) is 5.69 Å². The number of nitrogens with zero attached hydrogens (tertiary/aromatic N) is 2. The zero-order chi connectivity index (χ0) is 21.6. The molecule has 2 fully saturated rings. The summed E-state index contributed by atoms with van der Waals surface area (Å²) in [6, 6.07) is 34.3. The summed E-state index contributed by atoms with van der Waals surface area (Å²) in [4.78, 5) is 5.29. The Morgan fingerprint density at radius 2 is 1.09 bits per heavy atom. The average Bonchev–Trinajstić information content (AvgIpc) is 2.89. The molecule has 3 aromatic rings. The Morgan fingerprint density at radius 3 is 1.62 bits per heavy atom. The summed E-state index contributed by atoms with van der Waals surface area (Å²) >= 11 is 0. The molecule has 1 heterocycles. The number of para-hydroxylation sites is 1. The molecule has 1 saturated carbocycles. The monoisotopic (exact) mass is 425 g/mol. The maximum Gasteiger partial charge on any atom is 0.0578 e. The summed E-state index contributed by atoms with van der Waals surface area (Å²) in [5.41, 5.74) is 4.09. The maximum absolute atomic E-state index is 4.01. The Balaban J connectivity index is 1.16. The molecule has 3 heteroatoms. The molecule has 0 bridgehead atoms. The minimum absolute atomic E-state index is 0.272. The van der Waals surface area contributed by atoms with Gasteiger partial charge in [0.15, 0.2) is 0 Å². The van der Waals surface area contributed by atoms with Crippen molar-refractivity contribution in [1.82, 2.24) is 10.2 Å². The van der Waals surface area contributed by atoms with Crippen LogP contribution in [0.25, 0.3) is 0 Å². The highest BCUT2D eigenvalue weighted by atomic mass is 15.3. The van der Waals surface area contributed by atoms with Crippen LogP contribution < -0.4 is 10.2 Å². The quantitative estimate of drug-likeness (QED) is 0.563. The van der Waals surface area contributed by atoms with E-state index < -0.39 is 0 Å². The molecule has 32 heavy (non-hydrogen) atoms. The van der Waals surface area contributed by atoms with E-state index in [9.17, 15) is 0 Å². The third-order valence-corrected chi connectivity index (χ3v) is 7.32. The molecule has 166 valence electrons. The Morgan fingerprint density at radius 1 is 0.594 bits per heavy atom. The van der Waals surface area contributed by atoms with Gasteiger partial charge in [-0.25, -0.2) is 0 Å². The number of benzene rings is 3. The van der Waals surface area contributed by atoms with Gasteiger partial charge < -0.3 is 10.2 Å². The molecular formula is C29H35N3. The second kappa shape index (κ2) is 10.3. The lowest BCUT2D eigenvalue weighted by Crippen LogP contribution is -2.52. The zero-order valence-corrected chi connectivity index (χ0v) is 18.9. The van der Waals surface area contributed by atoms with Gasteiger partial charge >= 0.3 is 0 Å². The fraction of sp³-hybridized carbons (Fsp3) is 0.379. The lowest BCUT2D eigenvalue weighted by molar-refractivity contribution is 0.134. The number of hydrogen-bond acceptors (Lipinski definition) is 3. The third kappa shape index (κ3) is 5.06. The van der Waals surface area contributed by atoms with E-state index in [1.165, 1.54) is 55.6 Å². The minimum Gasteiger partial charge on any atom is -0.369 e. The van der Waals surface area contributed by atoms with Gasteiger partial charge in [0.25, 0.3) is 0 Å². The second-order valence-electron chi connectivity index (χ2n) is 9.29. The van der Waals surface area contributed by atoms with Crippen molar-refractivity contribution >= 4 is 5.69 Å². The predicted octanol–water partition coefficient (Wildman–Crippen LogP) is 5.50. The standard InChI is InChI=1S/C29H35N3/c1-4-10-24(11-5-1)29(25-12-6-2-7-13-25)30-26-16-18-28(19-17-26)32-22-20-31(21-23-32)27-14-8-3-9-15-27/h1-15,26,28-30H,16-23H2. The van der Waals surface area contributed by atoms with Crippen molar-refractivity contribution in [2.45, 2.75) is 43.8 Å². The molecule has 3 aromatic carbocycles.